The Morgan fingerprint density at radius 1 is 1.32 bits per heavy atom. The number of methoxy groups -OCH3 is 1. The predicted octanol–water partition coefficient (Wildman–Crippen LogP) is 0.561. The number of benzene rings is 1. The second-order valence-electron chi connectivity index (χ2n) is 5.43. The van der Waals surface area contributed by atoms with Crippen LogP contribution in [0.2, 0.25) is 0 Å². The topological polar surface area (TPSA) is 118 Å². The van der Waals surface area contributed by atoms with Crippen molar-refractivity contribution in [1.82, 2.24) is 20.2 Å². The maximum absolute atomic E-state index is 12.5. The van der Waals surface area contributed by atoms with Gasteiger partial charge in [0.05, 0.1) is 19.2 Å². The van der Waals surface area contributed by atoms with Crippen LogP contribution in [0.4, 0.5) is 11.6 Å². The fraction of sp³-hybridized carbons (Fsp3) is 0.188. The first-order valence-electron chi connectivity index (χ1n) is 7.64. The number of hydrogen-bond acceptors (Lipinski definition) is 8. The highest BCUT2D eigenvalue weighted by molar-refractivity contribution is 6.19. The average Bonchev–Trinajstić information content (AvgIpc) is 3.12. The largest absolute Gasteiger partial charge is 0.494 e. The maximum atomic E-state index is 12.5. The van der Waals surface area contributed by atoms with Crippen LogP contribution in [0.25, 0.3) is 0 Å². The summed E-state index contributed by atoms with van der Waals surface area (Å²) < 4.78 is 5.39. The zero-order valence-corrected chi connectivity index (χ0v) is 13.4. The minimum absolute atomic E-state index is 0.110. The molecule has 25 heavy (non-hydrogen) atoms. The van der Waals surface area contributed by atoms with E-state index in [-0.39, 0.29) is 11.9 Å². The molecule has 0 unspecified atom stereocenters. The van der Waals surface area contributed by atoms with Crippen LogP contribution in [0, 0.1) is 0 Å². The summed E-state index contributed by atoms with van der Waals surface area (Å²) in [7, 11) is 1.58. The lowest BCUT2D eigenvalue weighted by atomic mass is 10.1. The van der Waals surface area contributed by atoms with Crippen molar-refractivity contribution in [3.05, 3.63) is 41.7 Å². The molecule has 0 saturated heterocycles. The van der Waals surface area contributed by atoms with Gasteiger partial charge in [0.1, 0.15) is 17.3 Å². The van der Waals surface area contributed by atoms with Crippen LogP contribution in [0.15, 0.2) is 40.6 Å². The van der Waals surface area contributed by atoms with Gasteiger partial charge in [-0.05, 0) is 12.1 Å². The lowest BCUT2D eigenvalue weighted by Gasteiger charge is -2.28. The number of hydrogen-bond donors (Lipinski definition) is 2. The van der Waals surface area contributed by atoms with Gasteiger partial charge in [-0.3, -0.25) is 20.0 Å². The van der Waals surface area contributed by atoms with E-state index >= 15 is 0 Å². The van der Waals surface area contributed by atoms with Crippen molar-refractivity contribution in [2.24, 2.45) is 9.98 Å². The number of fused-ring (bicyclic) bond motifs is 3. The van der Waals surface area contributed by atoms with Gasteiger partial charge in [-0.1, -0.05) is 6.07 Å². The van der Waals surface area contributed by atoms with Crippen LogP contribution in [0.5, 0.6) is 5.75 Å². The summed E-state index contributed by atoms with van der Waals surface area (Å²) in [6, 6.07) is 5.65. The van der Waals surface area contributed by atoms with Gasteiger partial charge >= 0.3 is 0 Å². The maximum Gasteiger partial charge on any atom is 0.261 e. The van der Waals surface area contributed by atoms with Gasteiger partial charge in [0.15, 0.2) is 0 Å². The molecule has 3 heterocycles. The number of amides is 1. The minimum Gasteiger partial charge on any atom is -0.494 e. The molecule has 0 bridgehead atoms. The molecule has 9 heteroatoms. The average molecular weight is 337 g/mol. The van der Waals surface area contributed by atoms with E-state index in [2.05, 4.69) is 25.3 Å². The summed E-state index contributed by atoms with van der Waals surface area (Å²) in [4.78, 5) is 31.1. The molecule has 0 atom stereocenters. The molecule has 1 aromatic heterocycles. The molecule has 2 aliphatic rings. The lowest BCUT2D eigenvalue weighted by Crippen LogP contribution is -2.47. The van der Waals surface area contributed by atoms with Crippen LogP contribution in [0.3, 0.4) is 0 Å². The third kappa shape index (κ3) is 2.55. The molecule has 0 radical (unpaired) electrons. The monoisotopic (exact) mass is 337 g/mol. The number of carbonyl (C=O) groups is 1. The number of rotatable bonds is 2. The molecule has 0 saturated carbocycles. The van der Waals surface area contributed by atoms with Gasteiger partial charge in [-0.15, -0.1) is 0 Å². The summed E-state index contributed by atoms with van der Waals surface area (Å²) in [6.07, 6.45) is 2.74. The van der Waals surface area contributed by atoms with Crippen LogP contribution in [-0.2, 0) is 0 Å². The zero-order valence-electron chi connectivity index (χ0n) is 13.4. The number of aliphatic imine (C=N–C) groups is 2. The quantitative estimate of drug-likeness (QED) is 0.827. The van der Waals surface area contributed by atoms with Crippen LogP contribution < -0.4 is 15.8 Å². The summed E-state index contributed by atoms with van der Waals surface area (Å²) in [5.41, 5.74) is 7.27. The standard InChI is InChI=1S/C16H15N7O2/c1-25-11-4-2-3-10-12(11)21-16(23-6-5-18-13(10)23)22-14(24)9-7-19-15(17)20-8-9/h2-4,7-8H,5-6H2,1H3,(H2,17,19,20)(H,21,22,24). The van der Waals surface area contributed by atoms with Gasteiger partial charge < -0.3 is 10.5 Å². The van der Waals surface area contributed by atoms with E-state index in [1.54, 1.807) is 7.11 Å². The van der Waals surface area contributed by atoms with Crippen molar-refractivity contribution in [3.63, 3.8) is 0 Å². The van der Waals surface area contributed by atoms with Gasteiger partial charge in [-0.25, -0.2) is 15.0 Å². The predicted molar refractivity (Wildman–Crippen MR) is 92.1 cm³/mol. The number of nitrogens with two attached hydrogens (primary N) is 1. The summed E-state index contributed by atoms with van der Waals surface area (Å²) >= 11 is 0. The molecule has 3 N–H and O–H groups in total. The lowest BCUT2D eigenvalue weighted by molar-refractivity contribution is 0.0973. The minimum atomic E-state index is -0.372. The second-order valence-corrected chi connectivity index (χ2v) is 5.43. The summed E-state index contributed by atoms with van der Waals surface area (Å²) in [5.74, 6) is 1.53. The first-order valence-corrected chi connectivity index (χ1v) is 7.64. The highest BCUT2D eigenvalue weighted by atomic mass is 16.5. The molecule has 4 rings (SSSR count). The number of anilines is 1. The molecular formula is C16H15N7O2. The summed E-state index contributed by atoms with van der Waals surface area (Å²) in [6.45, 7) is 1.27. The zero-order chi connectivity index (χ0) is 17.4. The van der Waals surface area contributed by atoms with E-state index in [0.29, 0.717) is 36.0 Å². The molecule has 126 valence electrons. The van der Waals surface area contributed by atoms with Crippen LogP contribution in [-0.4, -0.2) is 52.8 Å². The molecule has 0 fully saturated rings. The number of carbonyl (C=O) groups excluding carboxylic acids is 1. The third-order valence-electron chi connectivity index (χ3n) is 3.93. The number of nitrogens with zero attached hydrogens (tertiary/aromatic N) is 5. The first-order chi connectivity index (χ1) is 12.2. The van der Waals surface area contributed by atoms with Gasteiger partial charge in [0, 0.05) is 24.5 Å². The molecule has 2 aromatic rings. The Balaban J connectivity index is 1.71. The number of para-hydroxylation sites is 1. The van der Waals surface area contributed by atoms with Gasteiger partial charge in [0.2, 0.25) is 11.9 Å². The number of guanidine groups is 1. The van der Waals surface area contributed by atoms with E-state index in [0.717, 1.165) is 11.4 Å². The van der Waals surface area contributed by atoms with Crippen molar-refractivity contribution in [2.75, 3.05) is 25.9 Å². The van der Waals surface area contributed by atoms with Crippen LogP contribution in [0.1, 0.15) is 15.9 Å². The Labute approximate surface area is 143 Å². The smallest absolute Gasteiger partial charge is 0.261 e. The Hall–Kier alpha value is -3.49. The highest BCUT2D eigenvalue weighted by Gasteiger charge is 2.32. The Morgan fingerprint density at radius 3 is 2.88 bits per heavy atom. The Morgan fingerprint density at radius 2 is 2.12 bits per heavy atom. The first kappa shape index (κ1) is 15.1. The molecular weight excluding hydrogens is 322 g/mol. The van der Waals surface area contributed by atoms with Crippen LogP contribution >= 0.6 is 0 Å². The fourth-order valence-electron chi connectivity index (χ4n) is 2.76. The molecule has 9 nitrogen and oxygen atoms in total. The van der Waals surface area contributed by atoms with Gasteiger partial charge in [-0.2, -0.15) is 0 Å². The van der Waals surface area contributed by atoms with Crippen molar-refractivity contribution >= 4 is 29.3 Å². The van der Waals surface area contributed by atoms with Crippen molar-refractivity contribution in [2.45, 2.75) is 0 Å². The van der Waals surface area contributed by atoms with Crippen molar-refractivity contribution in [1.29, 1.82) is 0 Å². The second kappa shape index (κ2) is 5.86. The number of aromatic nitrogens is 2. The van der Waals surface area contributed by atoms with E-state index in [1.807, 2.05) is 23.1 Å². The third-order valence-corrected chi connectivity index (χ3v) is 3.93. The number of ether oxygens (including phenoxy) is 1. The Bertz CT molecular complexity index is 905. The number of nitrogens with one attached hydrogen (secondary N) is 1. The summed E-state index contributed by atoms with van der Waals surface area (Å²) in [5, 5.41) is 2.80. The fourth-order valence-corrected chi connectivity index (χ4v) is 2.76. The normalized spacial score (nSPS) is 15.0. The van der Waals surface area contributed by atoms with E-state index in [4.69, 9.17) is 10.5 Å². The van der Waals surface area contributed by atoms with E-state index in [9.17, 15) is 4.79 Å². The molecule has 2 aliphatic heterocycles. The SMILES string of the molecule is COc1cccc2c1N=C(NC(=O)c1cnc(N)nc1)N1CCN=C21. The van der Waals surface area contributed by atoms with E-state index < -0.39 is 0 Å². The number of amidine groups is 1. The number of nitrogen functional groups attached to an aromatic ring is 1. The highest BCUT2D eigenvalue weighted by Crippen LogP contribution is 2.36. The molecule has 0 aliphatic carbocycles. The van der Waals surface area contributed by atoms with Crippen molar-refractivity contribution in [3.8, 4) is 5.75 Å². The van der Waals surface area contributed by atoms with Gasteiger partial charge in [0.25, 0.3) is 5.91 Å². The molecule has 1 aromatic carbocycles. The van der Waals surface area contributed by atoms with E-state index in [1.165, 1.54) is 12.4 Å². The molecule has 0 spiro atoms. The van der Waals surface area contributed by atoms with Crippen molar-refractivity contribution < 1.29 is 9.53 Å². The molecule has 1 amide bonds. The Kier molecular flexibility index (Phi) is 3.53.